The normalized spacial score (nSPS) is 16.7. The minimum Gasteiger partial charge on any atom is -0.385 e. The minimum absolute atomic E-state index is 0.253. The van der Waals surface area contributed by atoms with Crippen LogP contribution in [0.4, 0.5) is 0 Å². The highest BCUT2D eigenvalue weighted by atomic mass is 16.3. The van der Waals surface area contributed by atoms with Crippen molar-refractivity contribution < 1.29 is 5.11 Å². The molecule has 1 heteroatoms. The van der Waals surface area contributed by atoms with Crippen molar-refractivity contribution in [2.75, 3.05) is 0 Å². The molecular formula is C16H20O. The highest BCUT2D eigenvalue weighted by Crippen LogP contribution is 2.32. The van der Waals surface area contributed by atoms with Gasteiger partial charge in [0.15, 0.2) is 0 Å². The molecule has 0 aliphatic rings. The molecule has 90 valence electrons. The number of hydrogen-bond acceptors (Lipinski definition) is 1. The van der Waals surface area contributed by atoms with Gasteiger partial charge in [-0.2, -0.15) is 0 Å². The van der Waals surface area contributed by atoms with Gasteiger partial charge in [0.2, 0.25) is 0 Å². The Balaban J connectivity index is 2.49. The van der Waals surface area contributed by atoms with Gasteiger partial charge in [0, 0.05) is 0 Å². The second-order valence-electron chi connectivity index (χ2n) is 5.02. The Morgan fingerprint density at radius 3 is 2.41 bits per heavy atom. The molecule has 0 aliphatic heterocycles. The molecule has 0 saturated heterocycles. The smallest absolute Gasteiger partial charge is 0.0894 e. The van der Waals surface area contributed by atoms with E-state index in [-0.39, 0.29) is 5.92 Å². The summed E-state index contributed by atoms with van der Waals surface area (Å²) in [6, 6.07) is 14.5. The van der Waals surface area contributed by atoms with Crippen molar-refractivity contribution in [2.24, 2.45) is 5.92 Å². The summed E-state index contributed by atoms with van der Waals surface area (Å²) in [7, 11) is 0. The van der Waals surface area contributed by atoms with E-state index in [2.05, 4.69) is 38.1 Å². The Labute approximate surface area is 103 Å². The van der Waals surface area contributed by atoms with Crippen LogP contribution in [-0.4, -0.2) is 5.11 Å². The lowest BCUT2D eigenvalue weighted by Crippen LogP contribution is -2.29. The highest BCUT2D eigenvalue weighted by Gasteiger charge is 2.29. The van der Waals surface area contributed by atoms with Crippen LogP contribution in [0.25, 0.3) is 10.8 Å². The first-order valence-electron chi connectivity index (χ1n) is 6.27. The van der Waals surface area contributed by atoms with Gasteiger partial charge in [0.1, 0.15) is 0 Å². The van der Waals surface area contributed by atoms with Crippen LogP contribution in [0.15, 0.2) is 42.5 Å². The second-order valence-corrected chi connectivity index (χ2v) is 5.02. The van der Waals surface area contributed by atoms with E-state index in [9.17, 15) is 5.11 Å². The van der Waals surface area contributed by atoms with Crippen molar-refractivity contribution in [3.63, 3.8) is 0 Å². The maximum atomic E-state index is 10.6. The fourth-order valence-electron chi connectivity index (χ4n) is 2.19. The zero-order valence-electron chi connectivity index (χ0n) is 10.8. The third-order valence-corrected chi connectivity index (χ3v) is 3.91. The molecule has 0 aromatic heterocycles. The summed E-state index contributed by atoms with van der Waals surface area (Å²) in [6.07, 6.45) is 0.972. The maximum absolute atomic E-state index is 10.6. The quantitative estimate of drug-likeness (QED) is 0.838. The summed E-state index contributed by atoms with van der Waals surface area (Å²) in [5.41, 5.74) is 0.254. The van der Waals surface area contributed by atoms with Crippen LogP contribution in [0.2, 0.25) is 0 Å². The molecule has 0 aliphatic carbocycles. The van der Waals surface area contributed by atoms with Crippen LogP contribution >= 0.6 is 0 Å². The molecule has 0 spiro atoms. The molecule has 0 radical (unpaired) electrons. The first-order valence-corrected chi connectivity index (χ1v) is 6.27. The number of benzene rings is 2. The van der Waals surface area contributed by atoms with Gasteiger partial charge in [-0.15, -0.1) is 0 Å². The van der Waals surface area contributed by atoms with Crippen LogP contribution in [0.3, 0.4) is 0 Å². The van der Waals surface area contributed by atoms with Crippen LogP contribution in [0, 0.1) is 5.92 Å². The molecule has 2 unspecified atom stereocenters. The Kier molecular flexibility index (Phi) is 3.21. The molecule has 0 fully saturated rings. The summed E-state index contributed by atoms with van der Waals surface area (Å²) in [6.45, 7) is 6.11. The molecule has 2 atom stereocenters. The number of rotatable bonds is 3. The molecule has 2 rings (SSSR count). The van der Waals surface area contributed by atoms with Crippen LogP contribution in [-0.2, 0) is 5.60 Å². The van der Waals surface area contributed by atoms with Gasteiger partial charge in [-0.3, -0.25) is 0 Å². The molecule has 0 heterocycles. The Morgan fingerprint density at radius 2 is 1.76 bits per heavy atom. The lowest BCUT2D eigenvalue weighted by atomic mass is 9.82. The zero-order valence-corrected chi connectivity index (χ0v) is 10.8. The monoisotopic (exact) mass is 228 g/mol. The molecule has 0 saturated carbocycles. The number of hydrogen-bond donors (Lipinski definition) is 1. The highest BCUT2D eigenvalue weighted by molar-refractivity contribution is 5.83. The molecule has 2 aromatic carbocycles. The van der Waals surface area contributed by atoms with Crippen molar-refractivity contribution >= 4 is 10.8 Å². The second kappa shape index (κ2) is 4.50. The van der Waals surface area contributed by atoms with Gasteiger partial charge in [-0.05, 0) is 35.2 Å². The first kappa shape index (κ1) is 12.1. The summed E-state index contributed by atoms with van der Waals surface area (Å²) in [5, 5.41) is 13.0. The summed E-state index contributed by atoms with van der Waals surface area (Å²) >= 11 is 0. The van der Waals surface area contributed by atoms with Crippen molar-refractivity contribution in [1.82, 2.24) is 0 Å². The first-order chi connectivity index (χ1) is 8.05. The van der Waals surface area contributed by atoms with Crippen molar-refractivity contribution in [3.05, 3.63) is 48.0 Å². The van der Waals surface area contributed by atoms with Crippen LogP contribution in [0.1, 0.15) is 32.8 Å². The standard InChI is InChI=1S/C16H20O/c1-4-12(2)16(3,17)15-10-9-13-7-5-6-8-14(13)11-15/h5-12,17H,4H2,1-3H3. The van der Waals surface area contributed by atoms with Gasteiger partial charge >= 0.3 is 0 Å². The van der Waals surface area contributed by atoms with Gasteiger partial charge in [-0.1, -0.05) is 56.7 Å². The van der Waals surface area contributed by atoms with E-state index in [1.807, 2.05) is 25.1 Å². The molecule has 1 N–H and O–H groups in total. The van der Waals surface area contributed by atoms with Crippen molar-refractivity contribution in [1.29, 1.82) is 0 Å². The molecule has 1 nitrogen and oxygen atoms in total. The van der Waals surface area contributed by atoms with E-state index < -0.39 is 5.60 Å². The average Bonchev–Trinajstić information content (AvgIpc) is 2.37. The van der Waals surface area contributed by atoms with Gasteiger partial charge in [0.25, 0.3) is 0 Å². The fourth-order valence-corrected chi connectivity index (χ4v) is 2.19. The SMILES string of the molecule is CCC(C)C(C)(O)c1ccc2ccccc2c1. The van der Waals surface area contributed by atoms with E-state index in [0.717, 1.165) is 12.0 Å². The predicted molar refractivity (Wildman–Crippen MR) is 73.0 cm³/mol. The van der Waals surface area contributed by atoms with E-state index in [4.69, 9.17) is 0 Å². The van der Waals surface area contributed by atoms with Crippen LogP contribution in [0.5, 0.6) is 0 Å². The van der Waals surface area contributed by atoms with Gasteiger partial charge in [-0.25, -0.2) is 0 Å². The summed E-state index contributed by atoms with van der Waals surface area (Å²) < 4.78 is 0. The topological polar surface area (TPSA) is 20.2 Å². The molecular weight excluding hydrogens is 208 g/mol. The Bertz CT molecular complexity index is 514. The maximum Gasteiger partial charge on any atom is 0.0894 e. The van der Waals surface area contributed by atoms with E-state index >= 15 is 0 Å². The van der Waals surface area contributed by atoms with Crippen LogP contribution < -0.4 is 0 Å². The Morgan fingerprint density at radius 1 is 1.12 bits per heavy atom. The Hall–Kier alpha value is -1.34. The largest absolute Gasteiger partial charge is 0.385 e. The number of aliphatic hydroxyl groups is 1. The molecule has 17 heavy (non-hydrogen) atoms. The minimum atomic E-state index is -0.751. The van der Waals surface area contributed by atoms with E-state index in [1.165, 1.54) is 10.8 Å². The summed E-state index contributed by atoms with van der Waals surface area (Å²) in [4.78, 5) is 0. The lowest BCUT2D eigenvalue weighted by molar-refractivity contribution is 0.000140. The third-order valence-electron chi connectivity index (χ3n) is 3.91. The van der Waals surface area contributed by atoms with Gasteiger partial charge in [0.05, 0.1) is 5.60 Å². The van der Waals surface area contributed by atoms with E-state index in [0.29, 0.717) is 0 Å². The third kappa shape index (κ3) is 2.20. The van der Waals surface area contributed by atoms with E-state index in [1.54, 1.807) is 0 Å². The number of fused-ring (bicyclic) bond motifs is 1. The fraction of sp³-hybridized carbons (Fsp3) is 0.375. The average molecular weight is 228 g/mol. The molecule has 0 bridgehead atoms. The van der Waals surface area contributed by atoms with Crippen molar-refractivity contribution in [3.8, 4) is 0 Å². The lowest BCUT2D eigenvalue weighted by Gasteiger charge is -2.30. The molecule has 0 amide bonds. The molecule has 2 aromatic rings. The zero-order chi connectivity index (χ0) is 12.5. The predicted octanol–water partition coefficient (Wildman–Crippen LogP) is 4.09. The summed E-state index contributed by atoms with van der Waals surface area (Å²) in [5.74, 6) is 0.253. The van der Waals surface area contributed by atoms with Gasteiger partial charge < -0.3 is 5.11 Å². The van der Waals surface area contributed by atoms with Crippen molar-refractivity contribution in [2.45, 2.75) is 32.8 Å².